The predicted molar refractivity (Wildman–Crippen MR) is 110 cm³/mol. The van der Waals surface area contributed by atoms with Crippen LogP contribution in [0, 0.1) is 6.92 Å². The highest BCUT2D eigenvalue weighted by Gasteiger charge is 2.14. The van der Waals surface area contributed by atoms with E-state index in [1.165, 1.54) is 5.56 Å². The Kier molecular flexibility index (Phi) is 7.39. The maximum Gasteiger partial charge on any atom is 0.338 e. The van der Waals surface area contributed by atoms with Gasteiger partial charge in [-0.15, -0.1) is 0 Å². The minimum Gasteiger partial charge on any atom is -0.457 e. The summed E-state index contributed by atoms with van der Waals surface area (Å²) in [6.07, 6.45) is 2.77. The molecule has 0 amide bonds. The summed E-state index contributed by atoms with van der Waals surface area (Å²) in [7, 11) is 1.96. The quantitative estimate of drug-likeness (QED) is 0.349. The molecular formula is C21H25BrN2O2. The van der Waals surface area contributed by atoms with E-state index in [1.807, 2.05) is 37.1 Å². The molecule has 2 aromatic rings. The number of hydrogen-bond donors (Lipinski definition) is 0. The minimum atomic E-state index is -0.330. The van der Waals surface area contributed by atoms with Crippen LogP contribution in [0.4, 0.5) is 5.69 Å². The second-order valence-electron chi connectivity index (χ2n) is 6.18. The summed E-state index contributed by atoms with van der Waals surface area (Å²) in [5, 5.41) is 0. The van der Waals surface area contributed by atoms with Gasteiger partial charge in [0, 0.05) is 18.1 Å². The molecule has 0 aromatic heterocycles. The van der Waals surface area contributed by atoms with E-state index in [-0.39, 0.29) is 12.6 Å². The van der Waals surface area contributed by atoms with Crippen LogP contribution in [0.1, 0.15) is 40.9 Å². The summed E-state index contributed by atoms with van der Waals surface area (Å²) in [6, 6.07) is 11.8. The van der Waals surface area contributed by atoms with Gasteiger partial charge in [-0.25, -0.2) is 9.79 Å². The van der Waals surface area contributed by atoms with Gasteiger partial charge in [-0.1, -0.05) is 31.2 Å². The third-order valence-corrected chi connectivity index (χ3v) is 4.84. The molecule has 0 heterocycles. The van der Waals surface area contributed by atoms with Crippen LogP contribution < -0.4 is 0 Å². The number of esters is 1. The molecule has 0 atom stereocenters. The summed E-state index contributed by atoms with van der Waals surface area (Å²) in [4.78, 5) is 18.9. The van der Waals surface area contributed by atoms with Crippen LogP contribution in [0.2, 0.25) is 0 Å². The highest BCUT2D eigenvalue weighted by Crippen LogP contribution is 2.29. The summed E-state index contributed by atoms with van der Waals surface area (Å²) in [5.74, 6) is -0.330. The number of rotatable bonds is 7. The Morgan fingerprint density at radius 2 is 1.85 bits per heavy atom. The Hall–Kier alpha value is -2.14. The van der Waals surface area contributed by atoms with Crippen molar-refractivity contribution in [3.63, 3.8) is 0 Å². The molecule has 0 bridgehead atoms. The van der Waals surface area contributed by atoms with Crippen molar-refractivity contribution in [2.24, 2.45) is 4.99 Å². The first-order valence-corrected chi connectivity index (χ1v) is 9.53. The van der Waals surface area contributed by atoms with Crippen molar-refractivity contribution in [1.29, 1.82) is 0 Å². The number of ether oxygens (including phenoxy) is 1. The predicted octanol–water partition coefficient (Wildman–Crippen LogP) is 5.29. The number of hydrogen-bond acceptors (Lipinski definition) is 3. The summed E-state index contributed by atoms with van der Waals surface area (Å²) < 4.78 is 6.24. The number of carbonyl (C=O) groups excluding carboxylic acids is 1. The summed E-state index contributed by atoms with van der Waals surface area (Å²) >= 11 is 3.49. The third-order valence-electron chi connectivity index (χ3n) is 4.21. The van der Waals surface area contributed by atoms with Crippen molar-refractivity contribution < 1.29 is 9.53 Å². The van der Waals surface area contributed by atoms with Crippen molar-refractivity contribution >= 4 is 33.9 Å². The first kappa shape index (κ1) is 20.2. The Labute approximate surface area is 164 Å². The van der Waals surface area contributed by atoms with E-state index in [4.69, 9.17) is 4.74 Å². The lowest BCUT2D eigenvalue weighted by atomic mass is 10.1. The third kappa shape index (κ3) is 5.43. The monoisotopic (exact) mass is 416 g/mol. The number of carbonyl (C=O) groups is 1. The largest absolute Gasteiger partial charge is 0.457 e. The zero-order valence-corrected chi connectivity index (χ0v) is 17.3. The van der Waals surface area contributed by atoms with Crippen molar-refractivity contribution in [2.75, 3.05) is 13.6 Å². The molecule has 0 fully saturated rings. The lowest BCUT2D eigenvalue weighted by Gasteiger charge is -2.11. The van der Waals surface area contributed by atoms with Crippen molar-refractivity contribution in [3.05, 3.63) is 63.1 Å². The number of benzene rings is 2. The maximum absolute atomic E-state index is 12.4. The molecule has 0 spiro atoms. The average molecular weight is 417 g/mol. The Morgan fingerprint density at radius 3 is 2.46 bits per heavy atom. The minimum absolute atomic E-state index is 0.265. The van der Waals surface area contributed by atoms with E-state index in [9.17, 15) is 4.79 Å². The summed E-state index contributed by atoms with van der Waals surface area (Å²) in [5.41, 5.74) is 4.42. The Bertz CT molecular complexity index is 785. The standard InChI is InChI=1S/C21H25BrN2O2/c1-5-16-7-9-17(10-8-16)13-26-21(25)18-12-19(22)20(11-15(18)3)23-14-24(4)6-2/h7-12,14H,5-6,13H2,1-4H3. The van der Waals surface area contributed by atoms with Crippen molar-refractivity contribution in [3.8, 4) is 0 Å². The molecule has 0 unspecified atom stereocenters. The van der Waals surface area contributed by atoms with Gasteiger partial charge in [0.05, 0.1) is 17.6 Å². The van der Waals surface area contributed by atoms with Crippen LogP contribution in [-0.4, -0.2) is 30.8 Å². The lowest BCUT2D eigenvalue weighted by molar-refractivity contribution is 0.0472. The zero-order valence-electron chi connectivity index (χ0n) is 15.8. The molecule has 0 saturated carbocycles. The second-order valence-corrected chi connectivity index (χ2v) is 7.04. The number of halogens is 1. The topological polar surface area (TPSA) is 41.9 Å². The molecule has 0 radical (unpaired) electrons. The van der Waals surface area contributed by atoms with Gasteiger partial charge in [-0.3, -0.25) is 0 Å². The lowest BCUT2D eigenvalue weighted by Crippen LogP contribution is -2.14. The molecule has 5 heteroatoms. The average Bonchev–Trinajstić information content (AvgIpc) is 2.66. The highest BCUT2D eigenvalue weighted by molar-refractivity contribution is 9.10. The van der Waals surface area contributed by atoms with E-state index in [1.54, 1.807) is 12.4 Å². The molecule has 2 aromatic carbocycles. The molecule has 4 nitrogen and oxygen atoms in total. The smallest absolute Gasteiger partial charge is 0.338 e. The van der Waals surface area contributed by atoms with Gasteiger partial charge < -0.3 is 9.64 Å². The van der Waals surface area contributed by atoms with Gasteiger partial charge >= 0.3 is 5.97 Å². The molecule has 0 aliphatic carbocycles. The molecule has 2 rings (SSSR count). The van der Waals surface area contributed by atoms with Crippen molar-refractivity contribution in [2.45, 2.75) is 33.8 Å². The van der Waals surface area contributed by atoms with E-state index >= 15 is 0 Å². The highest BCUT2D eigenvalue weighted by atomic mass is 79.9. The SMILES string of the molecule is CCc1ccc(COC(=O)c2cc(Br)c(N=CN(C)CC)cc2C)cc1. The van der Waals surface area contributed by atoms with Crippen LogP contribution in [0.3, 0.4) is 0 Å². The van der Waals surface area contributed by atoms with Crippen LogP contribution in [0.25, 0.3) is 0 Å². The van der Waals surface area contributed by atoms with Gasteiger partial charge in [0.15, 0.2) is 0 Å². The van der Waals surface area contributed by atoms with Crippen LogP contribution in [0.5, 0.6) is 0 Å². The fourth-order valence-electron chi connectivity index (χ4n) is 2.33. The van der Waals surface area contributed by atoms with E-state index < -0.39 is 0 Å². The zero-order chi connectivity index (χ0) is 19.1. The molecule has 26 heavy (non-hydrogen) atoms. The van der Waals surface area contributed by atoms with E-state index in [0.29, 0.717) is 5.56 Å². The molecule has 0 aliphatic heterocycles. The van der Waals surface area contributed by atoms with E-state index in [2.05, 4.69) is 46.9 Å². The number of aliphatic imine (C=N–C) groups is 1. The van der Waals surface area contributed by atoms with Crippen LogP contribution in [-0.2, 0) is 17.8 Å². The van der Waals surface area contributed by atoms with Crippen molar-refractivity contribution in [1.82, 2.24) is 4.90 Å². The molecule has 0 N–H and O–H groups in total. The molecular weight excluding hydrogens is 392 g/mol. The fourth-order valence-corrected chi connectivity index (χ4v) is 2.77. The van der Waals surface area contributed by atoms with Gasteiger partial charge in [0.25, 0.3) is 0 Å². The fraction of sp³-hybridized carbons (Fsp3) is 0.333. The number of aryl methyl sites for hydroxylation is 2. The first-order chi connectivity index (χ1) is 12.4. The van der Waals surface area contributed by atoms with E-state index in [0.717, 1.165) is 34.3 Å². The first-order valence-electron chi connectivity index (χ1n) is 8.74. The van der Waals surface area contributed by atoms with Crippen LogP contribution >= 0.6 is 15.9 Å². The molecule has 0 aliphatic rings. The van der Waals surface area contributed by atoms with Gasteiger partial charge in [0.1, 0.15) is 6.61 Å². The normalized spacial score (nSPS) is 11.0. The number of nitrogens with zero attached hydrogens (tertiary/aromatic N) is 2. The molecule has 138 valence electrons. The maximum atomic E-state index is 12.4. The second kappa shape index (κ2) is 9.53. The van der Waals surface area contributed by atoms with Gasteiger partial charge in [0.2, 0.25) is 0 Å². The van der Waals surface area contributed by atoms with Crippen LogP contribution in [0.15, 0.2) is 45.9 Å². The van der Waals surface area contributed by atoms with Gasteiger partial charge in [-0.2, -0.15) is 0 Å². The summed E-state index contributed by atoms with van der Waals surface area (Å²) in [6.45, 7) is 7.21. The van der Waals surface area contributed by atoms with Gasteiger partial charge in [-0.05, 0) is 65.0 Å². The Balaban J connectivity index is 2.08. The molecule has 0 saturated heterocycles. The Morgan fingerprint density at radius 1 is 1.19 bits per heavy atom.